The molecule has 0 aromatic carbocycles. The van der Waals surface area contributed by atoms with Crippen molar-refractivity contribution < 1.29 is 17.6 Å². The zero-order chi connectivity index (χ0) is 18.0. The van der Waals surface area contributed by atoms with Gasteiger partial charge in [-0.2, -0.15) is 0 Å². The van der Waals surface area contributed by atoms with E-state index in [0.29, 0.717) is 26.2 Å². The maximum absolute atomic E-state index is 12.5. The van der Waals surface area contributed by atoms with E-state index in [1.165, 1.54) is 19.4 Å². The van der Waals surface area contributed by atoms with Gasteiger partial charge in [0.1, 0.15) is 12.1 Å². The van der Waals surface area contributed by atoms with Crippen LogP contribution in [0.2, 0.25) is 0 Å². The van der Waals surface area contributed by atoms with E-state index in [-0.39, 0.29) is 16.6 Å². The number of sulfonamides is 1. The van der Waals surface area contributed by atoms with Crippen molar-refractivity contribution in [2.24, 2.45) is 0 Å². The zero-order valence-corrected chi connectivity index (χ0v) is 14.9. The number of anilines is 1. The molecule has 0 atom stereocenters. The first-order valence-corrected chi connectivity index (χ1v) is 9.38. The lowest BCUT2D eigenvalue weighted by Crippen LogP contribution is -2.49. The van der Waals surface area contributed by atoms with Gasteiger partial charge in [-0.15, -0.1) is 0 Å². The lowest BCUT2D eigenvalue weighted by atomic mass is 10.2. The van der Waals surface area contributed by atoms with Crippen LogP contribution in [0.4, 0.5) is 5.82 Å². The average Bonchev–Trinajstić information content (AvgIpc) is 3.12. The van der Waals surface area contributed by atoms with Crippen LogP contribution in [0.3, 0.4) is 0 Å². The number of hydrogen-bond acceptors (Lipinski definition) is 6. The summed E-state index contributed by atoms with van der Waals surface area (Å²) in [6.45, 7) is 4.42. The van der Waals surface area contributed by atoms with Crippen LogP contribution in [0, 0.1) is 6.92 Å². The highest BCUT2D eigenvalue weighted by molar-refractivity contribution is 7.89. The molecule has 1 N–H and O–H groups in total. The highest BCUT2D eigenvalue weighted by atomic mass is 32.2. The number of aromatic nitrogens is 1. The molecular weight excluding hydrogens is 344 g/mol. The molecule has 8 nitrogen and oxygen atoms in total. The molecule has 1 amide bonds. The maximum atomic E-state index is 12.5. The number of carbonyl (C=O) groups is 1. The van der Waals surface area contributed by atoms with Crippen molar-refractivity contribution >= 4 is 21.7 Å². The van der Waals surface area contributed by atoms with Crippen molar-refractivity contribution in [1.82, 2.24) is 14.6 Å². The molecule has 25 heavy (non-hydrogen) atoms. The van der Waals surface area contributed by atoms with Crippen LogP contribution in [0.25, 0.3) is 0 Å². The van der Waals surface area contributed by atoms with E-state index in [4.69, 9.17) is 4.42 Å². The van der Waals surface area contributed by atoms with Crippen LogP contribution >= 0.6 is 0 Å². The zero-order valence-electron chi connectivity index (χ0n) is 14.1. The Labute approximate surface area is 146 Å². The first-order valence-electron chi connectivity index (χ1n) is 7.89. The van der Waals surface area contributed by atoms with Crippen molar-refractivity contribution in [1.29, 1.82) is 0 Å². The highest BCUT2D eigenvalue weighted by Crippen LogP contribution is 2.18. The van der Waals surface area contributed by atoms with Crippen LogP contribution in [-0.4, -0.2) is 57.4 Å². The Bertz CT molecular complexity index is 870. The Morgan fingerprint density at radius 2 is 1.96 bits per heavy atom. The normalized spacial score (nSPS) is 15.4. The third kappa shape index (κ3) is 3.67. The fourth-order valence-corrected chi connectivity index (χ4v) is 3.34. The number of furan rings is 1. The summed E-state index contributed by atoms with van der Waals surface area (Å²) in [6.07, 6.45) is 2.96. The molecule has 3 rings (SSSR count). The SMILES string of the molecule is CNS(=O)(=O)c1cc(C(=O)N2CCN(c3cc(C)ccn3)CC2)co1. The second-order valence-electron chi connectivity index (χ2n) is 5.83. The number of amides is 1. The molecule has 1 aliphatic heterocycles. The van der Waals surface area contributed by atoms with Gasteiger partial charge in [0.05, 0.1) is 5.56 Å². The second-order valence-corrected chi connectivity index (χ2v) is 7.65. The number of piperazine rings is 1. The fourth-order valence-electron chi connectivity index (χ4n) is 2.68. The first kappa shape index (κ1) is 17.4. The molecule has 0 unspecified atom stereocenters. The lowest BCUT2D eigenvalue weighted by molar-refractivity contribution is 0.0746. The van der Waals surface area contributed by atoms with Gasteiger partial charge in [0.25, 0.3) is 15.9 Å². The van der Waals surface area contributed by atoms with Crippen molar-refractivity contribution in [3.05, 3.63) is 41.8 Å². The van der Waals surface area contributed by atoms with Gasteiger partial charge in [0, 0.05) is 38.4 Å². The molecule has 134 valence electrons. The monoisotopic (exact) mass is 364 g/mol. The molecule has 1 aliphatic rings. The predicted octanol–water partition coefficient (Wildman–Crippen LogP) is 0.854. The van der Waals surface area contributed by atoms with Gasteiger partial charge in [-0.05, 0) is 31.7 Å². The van der Waals surface area contributed by atoms with Gasteiger partial charge in [-0.1, -0.05) is 0 Å². The molecule has 0 saturated carbocycles. The Morgan fingerprint density at radius 1 is 1.24 bits per heavy atom. The number of aryl methyl sites for hydroxylation is 1. The highest BCUT2D eigenvalue weighted by Gasteiger charge is 2.26. The van der Waals surface area contributed by atoms with Crippen molar-refractivity contribution in [2.75, 3.05) is 38.1 Å². The quantitative estimate of drug-likeness (QED) is 0.864. The van der Waals surface area contributed by atoms with Gasteiger partial charge in [0.15, 0.2) is 0 Å². The van der Waals surface area contributed by atoms with Crippen LogP contribution in [0.15, 0.2) is 40.2 Å². The largest absolute Gasteiger partial charge is 0.451 e. The van der Waals surface area contributed by atoms with Gasteiger partial charge < -0.3 is 14.2 Å². The topological polar surface area (TPSA) is 95.8 Å². The Balaban J connectivity index is 1.66. The number of pyridine rings is 1. The standard InChI is InChI=1S/C16H20N4O4S/c1-12-3-4-18-14(9-12)19-5-7-20(8-6-19)16(21)13-10-15(24-11-13)25(22,23)17-2/h3-4,9-11,17H,5-8H2,1-2H3. The Hall–Kier alpha value is -2.39. The maximum Gasteiger partial charge on any atom is 0.273 e. The Kier molecular flexibility index (Phi) is 4.78. The van der Waals surface area contributed by atoms with Crippen molar-refractivity contribution in [2.45, 2.75) is 12.0 Å². The van der Waals surface area contributed by atoms with E-state index >= 15 is 0 Å². The third-order valence-electron chi connectivity index (χ3n) is 4.15. The van der Waals surface area contributed by atoms with Crippen LogP contribution in [0.5, 0.6) is 0 Å². The molecular formula is C16H20N4O4S. The van der Waals surface area contributed by atoms with Crippen molar-refractivity contribution in [3.63, 3.8) is 0 Å². The summed E-state index contributed by atoms with van der Waals surface area (Å²) in [5.41, 5.74) is 1.37. The van der Waals surface area contributed by atoms with E-state index in [2.05, 4.69) is 14.6 Å². The predicted molar refractivity (Wildman–Crippen MR) is 92.0 cm³/mol. The lowest BCUT2D eigenvalue weighted by Gasteiger charge is -2.35. The van der Waals surface area contributed by atoms with Crippen LogP contribution in [-0.2, 0) is 10.0 Å². The van der Waals surface area contributed by atoms with Gasteiger partial charge in [-0.25, -0.2) is 18.1 Å². The minimum absolute atomic E-state index is 0.232. The second kappa shape index (κ2) is 6.85. The average molecular weight is 364 g/mol. The summed E-state index contributed by atoms with van der Waals surface area (Å²) >= 11 is 0. The van der Waals surface area contributed by atoms with Gasteiger partial charge >= 0.3 is 0 Å². The number of rotatable bonds is 4. The van der Waals surface area contributed by atoms with E-state index in [0.717, 1.165) is 11.4 Å². The summed E-state index contributed by atoms with van der Waals surface area (Å²) in [5.74, 6) is 0.663. The molecule has 0 radical (unpaired) electrons. The van der Waals surface area contributed by atoms with Crippen molar-refractivity contribution in [3.8, 4) is 0 Å². The van der Waals surface area contributed by atoms with Crippen LogP contribution in [0.1, 0.15) is 15.9 Å². The minimum Gasteiger partial charge on any atom is -0.451 e. The molecule has 2 aromatic heterocycles. The summed E-state index contributed by atoms with van der Waals surface area (Å²) < 4.78 is 30.6. The minimum atomic E-state index is -3.69. The number of hydrogen-bond donors (Lipinski definition) is 1. The van der Waals surface area contributed by atoms with Gasteiger partial charge in [0.2, 0.25) is 5.09 Å². The van der Waals surface area contributed by atoms with E-state index in [1.807, 2.05) is 19.1 Å². The summed E-state index contributed by atoms with van der Waals surface area (Å²) in [6, 6.07) is 5.21. The fraction of sp³-hybridized carbons (Fsp3) is 0.375. The number of carbonyl (C=O) groups excluding carboxylic acids is 1. The van der Waals surface area contributed by atoms with E-state index < -0.39 is 10.0 Å². The first-order chi connectivity index (χ1) is 11.9. The smallest absolute Gasteiger partial charge is 0.273 e. The number of nitrogens with one attached hydrogen (secondary N) is 1. The molecule has 1 saturated heterocycles. The summed E-state index contributed by atoms with van der Waals surface area (Å²) in [4.78, 5) is 20.7. The molecule has 0 spiro atoms. The molecule has 0 bridgehead atoms. The summed E-state index contributed by atoms with van der Waals surface area (Å²) in [5, 5.41) is -0.263. The molecule has 3 heterocycles. The third-order valence-corrected chi connectivity index (χ3v) is 5.43. The molecule has 2 aromatic rings. The number of nitrogens with zero attached hydrogens (tertiary/aromatic N) is 3. The van der Waals surface area contributed by atoms with E-state index in [1.54, 1.807) is 11.1 Å². The molecule has 1 fully saturated rings. The van der Waals surface area contributed by atoms with Gasteiger partial charge in [-0.3, -0.25) is 4.79 Å². The van der Waals surface area contributed by atoms with E-state index in [9.17, 15) is 13.2 Å². The van der Waals surface area contributed by atoms with Crippen LogP contribution < -0.4 is 9.62 Å². The summed E-state index contributed by atoms with van der Waals surface area (Å²) in [7, 11) is -2.40. The molecule has 0 aliphatic carbocycles. The molecule has 9 heteroatoms. The Morgan fingerprint density at radius 3 is 2.60 bits per heavy atom.